The summed E-state index contributed by atoms with van der Waals surface area (Å²) < 4.78 is 0.887. The summed E-state index contributed by atoms with van der Waals surface area (Å²) >= 11 is 3.52. The van der Waals surface area contributed by atoms with Crippen molar-refractivity contribution in [2.45, 2.75) is 0 Å². The topological polar surface area (TPSA) is 20.3 Å². The van der Waals surface area contributed by atoms with Gasteiger partial charge < -0.3 is 4.90 Å². The molecule has 0 spiro atoms. The van der Waals surface area contributed by atoms with Gasteiger partial charge in [0, 0.05) is 17.1 Å². The first-order valence-electron chi connectivity index (χ1n) is 8.01. The maximum atomic E-state index is 13.2. The summed E-state index contributed by atoms with van der Waals surface area (Å²) in [5, 5.41) is 0. The molecule has 0 heterocycles. The number of amides is 1. The number of nitrogens with zero attached hydrogens (tertiary/aromatic N) is 1. The molecule has 0 aromatic heterocycles. The van der Waals surface area contributed by atoms with Crippen LogP contribution in [0.5, 0.6) is 0 Å². The number of benzene rings is 3. The zero-order chi connectivity index (χ0) is 17.6. The second-order valence-electron chi connectivity index (χ2n) is 5.65. The van der Waals surface area contributed by atoms with Gasteiger partial charge in [-0.15, -0.1) is 0 Å². The number of likely N-dealkylation sites (N-methyl/N-ethyl adjacent to an activating group) is 1. The zero-order valence-electron chi connectivity index (χ0n) is 13.9. The van der Waals surface area contributed by atoms with E-state index in [1.165, 1.54) is 0 Å². The highest BCUT2D eigenvalue weighted by Gasteiger charge is 2.19. The fraction of sp³-hybridized carbons (Fsp3) is 0.0455. The molecule has 25 heavy (non-hydrogen) atoms. The van der Waals surface area contributed by atoms with Gasteiger partial charge in [-0.25, -0.2) is 0 Å². The number of carbonyl (C=O) groups excluding carboxylic acids is 1. The average molecular weight is 392 g/mol. The quantitative estimate of drug-likeness (QED) is 0.415. The van der Waals surface area contributed by atoms with Crippen molar-refractivity contribution in [1.82, 2.24) is 0 Å². The van der Waals surface area contributed by atoms with Crippen LogP contribution in [0.4, 0.5) is 5.69 Å². The minimum absolute atomic E-state index is 0.0537. The first kappa shape index (κ1) is 17.2. The molecular weight excluding hydrogens is 374 g/mol. The van der Waals surface area contributed by atoms with Crippen molar-refractivity contribution in [2.24, 2.45) is 0 Å². The number of rotatable bonds is 4. The van der Waals surface area contributed by atoms with Crippen LogP contribution >= 0.6 is 15.9 Å². The van der Waals surface area contributed by atoms with E-state index in [1.807, 2.05) is 91.0 Å². The van der Waals surface area contributed by atoms with Crippen molar-refractivity contribution in [3.05, 3.63) is 101 Å². The molecule has 0 unspecified atom stereocenters. The molecule has 2 nitrogen and oxygen atoms in total. The summed E-state index contributed by atoms with van der Waals surface area (Å²) in [5.74, 6) is -0.0537. The third-order valence-corrected chi connectivity index (χ3v) is 4.61. The van der Waals surface area contributed by atoms with E-state index >= 15 is 0 Å². The number of para-hydroxylation sites is 1. The van der Waals surface area contributed by atoms with Gasteiger partial charge in [-0.2, -0.15) is 0 Å². The molecule has 0 radical (unpaired) electrons. The van der Waals surface area contributed by atoms with Crippen LogP contribution in [0.15, 0.2) is 89.4 Å². The molecule has 0 saturated heterocycles. The average Bonchev–Trinajstić information content (AvgIpc) is 2.67. The fourth-order valence-electron chi connectivity index (χ4n) is 2.62. The number of anilines is 1. The van der Waals surface area contributed by atoms with E-state index in [-0.39, 0.29) is 5.91 Å². The summed E-state index contributed by atoms with van der Waals surface area (Å²) in [6.45, 7) is 0. The van der Waals surface area contributed by atoms with Crippen LogP contribution in [0.2, 0.25) is 0 Å². The molecule has 3 aromatic carbocycles. The molecule has 1 amide bonds. The van der Waals surface area contributed by atoms with Crippen molar-refractivity contribution in [1.29, 1.82) is 0 Å². The van der Waals surface area contributed by atoms with Gasteiger partial charge in [0.15, 0.2) is 0 Å². The Morgan fingerprint density at radius 2 is 1.40 bits per heavy atom. The van der Waals surface area contributed by atoms with Crippen molar-refractivity contribution in [3.8, 4) is 0 Å². The highest BCUT2D eigenvalue weighted by Crippen LogP contribution is 2.28. The van der Waals surface area contributed by atoms with Gasteiger partial charge in [0.05, 0.1) is 5.69 Å². The van der Waals surface area contributed by atoms with Crippen LogP contribution in [0.25, 0.3) is 11.6 Å². The summed E-state index contributed by atoms with van der Waals surface area (Å²) in [6, 6.07) is 27.4. The Hall–Kier alpha value is -2.65. The molecule has 3 heteroatoms. The Balaban J connectivity index is 2.04. The van der Waals surface area contributed by atoms with Crippen LogP contribution in [-0.4, -0.2) is 13.0 Å². The molecule has 0 bridgehead atoms. The first-order valence-corrected chi connectivity index (χ1v) is 8.81. The number of halogens is 1. The van der Waals surface area contributed by atoms with Crippen molar-refractivity contribution >= 4 is 39.2 Å². The molecule has 0 aliphatic heterocycles. The Bertz CT molecular complexity index is 888. The van der Waals surface area contributed by atoms with Crippen molar-refractivity contribution in [3.63, 3.8) is 0 Å². The highest BCUT2D eigenvalue weighted by atomic mass is 79.9. The number of hydrogen-bond acceptors (Lipinski definition) is 1. The van der Waals surface area contributed by atoms with E-state index in [9.17, 15) is 4.79 Å². The van der Waals surface area contributed by atoms with E-state index in [0.29, 0.717) is 5.57 Å². The van der Waals surface area contributed by atoms with Gasteiger partial charge in [0.25, 0.3) is 5.91 Å². The second-order valence-corrected chi connectivity index (χ2v) is 6.50. The molecule has 0 N–H and O–H groups in total. The molecular formula is C22H18BrNO. The van der Waals surface area contributed by atoms with Gasteiger partial charge in [0.2, 0.25) is 0 Å². The summed E-state index contributed by atoms with van der Waals surface area (Å²) in [5.41, 5.74) is 3.39. The van der Waals surface area contributed by atoms with E-state index in [4.69, 9.17) is 0 Å². The predicted octanol–water partition coefficient (Wildman–Crippen LogP) is 5.65. The van der Waals surface area contributed by atoms with Crippen LogP contribution < -0.4 is 4.90 Å². The highest BCUT2D eigenvalue weighted by molar-refractivity contribution is 9.10. The Labute approximate surface area is 156 Å². The summed E-state index contributed by atoms with van der Waals surface area (Å²) in [6.07, 6.45) is 1.94. The molecule has 3 rings (SSSR count). The Morgan fingerprint density at radius 1 is 0.840 bits per heavy atom. The zero-order valence-corrected chi connectivity index (χ0v) is 15.5. The van der Waals surface area contributed by atoms with Gasteiger partial charge in [-0.3, -0.25) is 4.79 Å². The first-order chi connectivity index (χ1) is 12.2. The van der Waals surface area contributed by atoms with Crippen molar-refractivity contribution in [2.75, 3.05) is 11.9 Å². The maximum absolute atomic E-state index is 13.2. The van der Waals surface area contributed by atoms with Crippen molar-refractivity contribution < 1.29 is 4.79 Å². The lowest BCUT2D eigenvalue weighted by molar-refractivity contribution is -0.113. The maximum Gasteiger partial charge on any atom is 0.258 e. The lowest BCUT2D eigenvalue weighted by Crippen LogP contribution is -2.27. The smallest absolute Gasteiger partial charge is 0.258 e. The van der Waals surface area contributed by atoms with Crippen LogP contribution in [0, 0.1) is 0 Å². The minimum atomic E-state index is -0.0537. The van der Waals surface area contributed by atoms with E-state index in [1.54, 1.807) is 11.9 Å². The SMILES string of the molecule is CN(C(=O)/C(=C/c1ccccc1)c1ccccc1)c1ccccc1Br. The lowest BCUT2D eigenvalue weighted by atomic mass is 10.0. The second kappa shape index (κ2) is 7.95. The van der Waals surface area contributed by atoms with Gasteiger partial charge in [0.1, 0.15) is 0 Å². The predicted molar refractivity (Wildman–Crippen MR) is 108 cm³/mol. The molecule has 0 aliphatic rings. The minimum Gasteiger partial charge on any atom is -0.310 e. The third kappa shape index (κ3) is 4.06. The Kier molecular flexibility index (Phi) is 5.46. The lowest BCUT2D eigenvalue weighted by Gasteiger charge is -2.21. The van der Waals surface area contributed by atoms with E-state index in [2.05, 4.69) is 15.9 Å². The number of carbonyl (C=O) groups is 1. The normalized spacial score (nSPS) is 11.2. The van der Waals surface area contributed by atoms with Crippen LogP contribution in [0.3, 0.4) is 0 Å². The largest absolute Gasteiger partial charge is 0.310 e. The molecule has 0 atom stereocenters. The summed E-state index contributed by atoms with van der Waals surface area (Å²) in [7, 11) is 1.80. The third-order valence-electron chi connectivity index (χ3n) is 3.94. The monoisotopic (exact) mass is 391 g/mol. The van der Waals surface area contributed by atoms with Gasteiger partial charge >= 0.3 is 0 Å². The van der Waals surface area contributed by atoms with Crippen LogP contribution in [0.1, 0.15) is 11.1 Å². The molecule has 0 fully saturated rings. The fourth-order valence-corrected chi connectivity index (χ4v) is 3.17. The summed E-state index contributed by atoms with van der Waals surface area (Å²) in [4.78, 5) is 14.9. The number of hydrogen-bond donors (Lipinski definition) is 0. The van der Waals surface area contributed by atoms with Gasteiger partial charge in [-0.05, 0) is 45.3 Å². The van der Waals surface area contributed by atoms with E-state index < -0.39 is 0 Å². The standard InChI is InChI=1S/C22H18BrNO/c1-24(21-15-9-8-14-20(21)23)22(25)19(18-12-6-3-7-13-18)16-17-10-4-2-5-11-17/h2-16H,1H3/b19-16+. The molecule has 3 aromatic rings. The Morgan fingerprint density at radius 3 is 2.04 bits per heavy atom. The molecule has 0 saturated carbocycles. The molecule has 0 aliphatic carbocycles. The molecule has 124 valence electrons. The van der Waals surface area contributed by atoms with Gasteiger partial charge in [-0.1, -0.05) is 72.8 Å². The van der Waals surface area contributed by atoms with E-state index in [0.717, 1.165) is 21.3 Å². The van der Waals surface area contributed by atoms with Crippen LogP contribution in [-0.2, 0) is 4.79 Å².